The third kappa shape index (κ3) is 3.60. The van der Waals surface area contributed by atoms with Crippen LogP contribution in [0.4, 0.5) is 5.69 Å². The Morgan fingerprint density at radius 1 is 1.00 bits per heavy atom. The van der Waals surface area contributed by atoms with E-state index in [1.165, 1.54) is 31.6 Å². The molecular formula is C22H17N3O4S. The van der Waals surface area contributed by atoms with Crippen LogP contribution in [0.1, 0.15) is 0 Å². The van der Waals surface area contributed by atoms with Gasteiger partial charge in [0.2, 0.25) is 0 Å². The van der Waals surface area contributed by atoms with Crippen LogP contribution in [-0.4, -0.2) is 36.1 Å². The molecule has 150 valence electrons. The van der Waals surface area contributed by atoms with Crippen LogP contribution in [0.25, 0.3) is 20.9 Å². The third-order valence-corrected chi connectivity index (χ3v) is 5.48. The second-order valence-electron chi connectivity index (χ2n) is 6.21. The number of ether oxygens (including phenoxy) is 2. The molecule has 0 atom stereocenters. The van der Waals surface area contributed by atoms with E-state index in [4.69, 9.17) is 9.47 Å². The minimum atomic E-state index is -0.645. The fourth-order valence-electron chi connectivity index (χ4n) is 3.02. The van der Waals surface area contributed by atoms with E-state index in [2.05, 4.69) is 9.97 Å². The van der Waals surface area contributed by atoms with Gasteiger partial charge in [-0.15, -0.1) is 0 Å². The SMILES string of the molecule is COC(=O)C1=C(C(=O)OC)N(c2ccc(-c3nc4cccnc4s3)cc2)C=CC=C1. The van der Waals surface area contributed by atoms with E-state index < -0.39 is 11.9 Å². The number of anilines is 1. The van der Waals surface area contributed by atoms with Gasteiger partial charge in [0.15, 0.2) is 0 Å². The standard InChI is InChI=1S/C22H17N3O4S/c1-28-21(26)16-6-3-4-13-25(18(16)22(27)29-2)15-10-8-14(9-11-15)19-24-17-7-5-12-23-20(17)30-19/h3-13H,1-2H3. The number of allylic oxidation sites excluding steroid dienone is 2. The molecule has 2 aromatic heterocycles. The number of nitrogens with zero attached hydrogens (tertiary/aromatic N) is 3. The van der Waals surface area contributed by atoms with Crippen molar-refractivity contribution in [3.8, 4) is 10.6 Å². The minimum absolute atomic E-state index is 0.0753. The first-order valence-electron chi connectivity index (χ1n) is 8.99. The van der Waals surface area contributed by atoms with Crippen LogP contribution in [-0.2, 0) is 19.1 Å². The number of methoxy groups -OCH3 is 2. The van der Waals surface area contributed by atoms with Crippen molar-refractivity contribution in [2.75, 3.05) is 19.1 Å². The number of rotatable bonds is 4. The number of hydrogen-bond donors (Lipinski definition) is 0. The molecule has 3 aromatic rings. The molecule has 1 aromatic carbocycles. The van der Waals surface area contributed by atoms with Gasteiger partial charge in [-0.3, -0.25) is 0 Å². The zero-order chi connectivity index (χ0) is 21.1. The Labute approximate surface area is 176 Å². The number of aromatic nitrogens is 2. The number of hydrogen-bond acceptors (Lipinski definition) is 8. The number of pyridine rings is 1. The molecule has 0 radical (unpaired) electrons. The highest BCUT2D eigenvalue weighted by atomic mass is 32.1. The van der Waals surface area contributed by atoms with Crippen molar-refractivity contribution in [3.05, 3.63) is 78.3 Å². The molecule has 0 spiro atoms. The first-order chi connectivity index (χ1) is 14.6. The molecule has 1 aliphatic rings. The molecule has 0 amide bonds. The molecule has 0 bridgehead atoms. The smallest absolute Gasteiger partial charge is 0.355 e. The average Bonchev–Trinajstić information content (AvgIpc) is 3.10. The Bertz CT molecular complexity index is 1180. The topological polar surface area (TPSA) is 81.6 Å². The van der Waals surface area contributed by atoms with E-state index in [1.54, 1.807) is 29.4 Å². The van der Waals surface area contributed by atoms with Crippen molar-refractivity contribution < 1.29 is 19.1 Å². The summed E-state index contributed by atoms with van der Waals surface area (Å²) in [5.41, 5.74) is 2.64. The summed E-state index contributed by atoms with van der Waals surface area (Å²) in [6.45, 7) is 0. The molecule has 7 nitrogen and oxygen atoms in total. The molecular weight excluding hydrogens is 402 g/mol. The van der Waals surface area contributed by atoms with Crippen molar-refractivity contribution in [1.29, 1.82) is 0 Å². The lowest BCUT2D eigenvalue weighted by Gasteiger charge is -2.23. The molecule has 8 heteroatoms. The Balaban J connectivity index is 1.74. The van der Waals surface area contributed by atoms with Gasteiger partial charge in [-0.1, -0.05) is 17.4 Å². The van der Waals surface area contributed by atoms with Gasteiger partial charge in [-0.2, -0.15) is 0 Å². The van der Waals surface area contributed by atoms with Gasteiger partial charge in [0.1, 0.15) is 21.1 Å². The summed E-state index contributed by atoms with van der Waals surface area (Å²) in [7, 11) is 2.54. The number of fused-ring (bicyclic) bond motifs is 1. The predicted octanol–water partition coefficient (Wildman–Crippen LogP) is 3.85. The minimum Gasteiger partial charge on any atom is -0.465 e. The van der Waals surface area contributed by atoms with Gasteiger partial charge < -0.3 is 14.4 Å². The van der Waals surface area contributed by atoms with Gasteiger partial charge in [-0.25, -0.2) is 19.6 Å². The van der Waals surface area contributed by atoms with E-state index in [0.717, 1.165) is 20.9 Å². The Kier molecular flexibility index (Phi) is 5.40. The molecule has 1 aliphatic heterocycles. The number of carbonyl (C=O) groups is 2. The van der Waals surface area contributed by atoms with Crippen LogP contribution in [0.5, 0.6) is 0 Å². The fraction of sp³-hybridized carbons (Fsp3) is 0.0909. The van der Waals surface area contributed by atoms with Gasteiger partial charge >= 0.3 is 11.9 Å². The molecule has 0 N–H and O–H groups in total. The molecule has 0 fully saturated rings. The lowest BCUT2D eigenvalue weighted by Crippen LogP contribution is -2.26. The summed E-state index contributed by atoms with van der Waals surface area (Å²) in [5.74, 6) is -1.27. The highest BCUT2D eigenvalue weighted by Crippen LogP contribution is 2.32. The van der Waals surface area contributed by atoms with Crippen molar-refractivity contribution in [2.45, 2.75) is 0 Å². The first kappa shape index (κ1) is 19.5. The second kappa shape index (κ2) is 8.30. The monoisotopic (exact) mass is 419 g/mol. The number of carbonyl (C=O) groups excluding carboxylic acids is 2. The maximum atomic E-state index is 12.5. The van der Waals surface area contributed by atoms with E-state index in [1.807, 2.05) is 36.4 Å². The third-order valence-electron chi connectivity index (χ3n) is 4.45. The summed E-state index contributed by atoms with van der Waals surface area (Å²) < 4.78 is 9.76. The van der Waals surface area contributed by atoms with E-state index >= 15 is 0 Å². The number of benzene rings is 1. The molecule has 0 saturated carbocycles. The Morgan fingerprint density at radius 2 is 1.77 bits per heavy atom. The highest BCUT2D eigenvalue weighted by Gasteiger charge is 2.27. The van der Waals surface area contributed by atoms with Gasteiger partial charge in [0, 0.05) is 23.6 Å². The zero-order valence-electron chi connectivity index (χ0n) is 16.2. The van der Waals surface area contributed by atoms with E-state index in [9.17, 15) is 9.59 Å². The van der Waals surface area contributed by atoms with Crippen LogP contribution in [0, 0.1) is 0 Å². The lowest BCUT2D eigenvalue weighted by molar-refractivity contribution is -0.139. The van der Waals surface area contributed by atoms with Gasteiger partial charge in [-0.05, 0) is 48.6 Å². The molecule has 0 aliphatic carbocycles. The van der Waals surface area contributed by atoms with Crippen LogP contribution < -0.4 is 4.90 Å². The van der Waals surface area contributed by atoms with Crippen LogP contribution >= 0.6 is 11.3 Å². The van der Waals surface area contributed by atoms with E-state index in [0.29, 0.717) is 5.69 Å². The summed E-state index contributed by atoms with van der Waals surface area (Å²) >= 11 is 1.51. The Hall–Kier alpha value is -3.78. The summed E-state index contributed by atoms with van der Waals surface area (Å²) in [6, 6.07) is 11.3. The molecule has 0 saturated heterocycles. The largest absolute Gasteiger partial charge is 0.465 e. The normalized spacial score (nSPS) is 13.5. The lowest BCUT2D eigenvalue weighted by atomic mass is 10.1. The summed E-state index contributed by atoms with van der Waals surface area (Å²) in [6.07, 6.45) is 8.35. The number of thiazole rings is 1. The van der Waals surface area contributed by atoms with Gasteiger partial charge in [0.05, 0.1) is 19.8 Å². The fourth-order valence-corrected chi connectivity index (χ4v) is 3.94. The molecule has 0 unspecified atom stereocenters. The Morgan fingerprint density at radius 3 is 2.47 bits per heavy atom. The van der Waals surface area contributed by atoms with Crippen molar-refractivity contribution in [1.82, 2.24) is 9.97 Å². The maximum absolute atomic E-state index is 12.5. The maximum Gasteiger partial charge on any atom is 0.355 e. The second-order valence-corrected chi connectivity index (χ2v) is 7.19. The zero-order valence-corrected chi connectivity index (χ0v) is 17.1. The van der Waals surface area contributed by atoms with Crippen molar-refractivity contribution in [3.63, 3.8) is 0 Å². The molecule has 3 heterocycles. The highest BCUT2D eigenvalue weighted by molar-refractivity contribution is 7.21. The number of esters is 2. The predicted molar refractivity (Wildman–Crippen MR) is 115 cm³/mol. The van der Waals surface area contributed by atoms with E-state index in [-0.39, 0.29) is 11.3 Å². The molecule has 30 heavy (non-hydrogen) atoms. The van der Waals surface area contributed by atoms with Gasteiger partial charge in [0.25, 0.3) is 0 Å². The molecule has 4 rings (SSSR count). The van der Waals surface area contributed by atoms with Crippen LogP contribution in [0.3, 0.4) is 0 Å². The van der Waals surface area contributed by atoms with Crippen molar-refractivity contribution >= 4 is 39.3 Å². The summed E-state index contributed by atoms with van der Waals surface area (Å²) in [4.78, 5) is 36.2. The quantitative estimate of drug-likeness (QED) is 0.594. The average molecular weight is 419 g/mol. The van der Waals surface area contributed by atoms with Crippen LogP contribution in [0.15, 0.2) is 78.3 Å². The summed E-state index contributed by atoms with van der Waals surface area (Å²) in [5, 5.41) is 0.849. The van der Waals surface area contributed by atoms with Crippen LogP contribution in [0.2, 0.25) is 0 Å². The first-order valence-corrected chi connectivity index (χ1v) is 9.81. The van der Waals surface area contributed by atoms with Crippen molar-refractivity contribution in [2.24, 2.45) is 0 Å².